The summed E-state index contributed by atoms with van der Waals surface area (Å²) in [6.07, 6.45) is 6.49. The van der Waals surface area contributed by atoms with Gasteiger partial charge >= 0.3 is 5.97 Å². The van der Waals surface area contributed by atoms with Crippen LogP contribution in [-0.2, 0) is 20.7 Å². The summed E-state index contributed by atoms with van der Waals surface area (Å²) in [5.41, 5.74) is 6.48. The van der Waals surface area contributed by atoms with E-state index in [-0.39, 0.29) is 5.97 Å². The summed E-state index contributed by atoms with van der Waals surface area (Å²) >= 11 is 0. The van der Waals surface area contributed by atoms with Crippen molar-refractivity contribution in [2.75, 3.05) is 19.8 Å². The summed E-state index contributed by atoms with van der Waals surface area (Å²) in [5, 5.41) is 0. The minimum atomic E-state index is -0.574. The first-order valence-electron chi connectivity index (χ1n) is 13.9. The molecule has 0 saturated heterocycles. The Balaban J connectivity index is 1.26. The third kappa shape index (κ3) is 7.23. The van der Waals surface area contributed by atoms with E-state index in [4.69, 9.17) is 14.2 Å². The number of hydrogen-bond donors (Lipinski definition) is 0. The fourth-order valence-corrected chi connectivity index (χ4v) is 5.18. The number of carbonyl (C=O) groups excluding carboxylic acids is 1. The van der Waals surface area contributed by atoms with Crippen LogP contribution in [0, 0.1) is 0 Å². The molecule has 0 aromatic heterocycles. The van der Waals surface area contributed by atoms with Crippen LogP contribution >= 0.6 is 0 Å². The van der Waals surface area contributed by atoms with Crippen LogP contribution in [0.1, 0.15) is 75.0 Å². The molecule has 1 atom stereocenters. The zero-order chi connectivity index (χ0) is 25.9. The van der Waals surface area contributed by atoms with Gasteiger partial charge in [-0.1, -0.05) is 93.3 Å². The smallest absolute Gasteiger partial charge is 0.335 e. The Hall–Kier alpha value is -3.11. The predicted molar refractivity (Wildman–Crippen MR) is 149 cm³/mol. The van der Waals surface area contributed by atoms with Crippen molar-refractivity contribution in [3.05, 3.63) is 89.5 Å². The lowest BCUT2D eigenvalue weighted by Gasteiger charge is -2.17. The predicted octanol–water partition coefficient (Wildman–Crippen LogP) is 7.73. The van der Waals surface area contributed by atoms with Crippen LogP contribution in [0.2, 0.25) is 0 Å². The van der Waals surface area contributed by atoms with Crippen molar-refractivity contribution in [3.8, 4) is 16.9 Å². The molecule has 0 N–H and O–H groups in total. The summed E-state index contributed by atoms with van der Waals surface area (Å²) in [5.74, 6) is 0.928. The van der Waals surface area contributed by atoms with E-state index in [1.807, 2.05) is 31.2 Å². The summed E-state index contributed by atoms with van der Waals surface area (Å²) < 4.78 is 17.3. The highest BCUT2D eigenvalue weighted by Crippen LogP contribution is 2.46. The van der Waals surface area contributed by atoms with Gasteiger partial charge in [0.2, 0.25) is 0 Å². The largest absolute Gasteiger partial charge is 0.494 e. The summed E-state index contributed by atoms with van der Waals surface area (Å²) in [6.45, 7) is 5.68. The number of hydrogen-bond acceptors (Lipinski definition) is 4. The Kier molecular flexibility index (Phi) is 10.2. The second kappa shape index (κ2) is 14.0. The lowest BCUT2D eigenvalue weighted by atomic mass is 9.94. The molecule has 1 aliphatic rings. The van der Waals surface area contributed by atoms with Crippen molar-refractivity contribution in [1.29, 1.82) is 0 Å². The first kappa shape index (κ1) is 26.9. The average molecular weight is 501 g/mol. The van der Waals surface area contributed by atoms with Crippen LogP contribution in [0.15, 0.2) is 72.8 Å². The van der Waals surface area contributed by atoms with Gasteiger partial charge in [-0.25, -0.2) is 4.79 Å². The Bertz CT molecular complexity index is 1080. The topological polar surface area (TPSA) is 44.8 Å². The lowest BCUT2D eigenvalue weighted by molar-refractivity contribution is -0.157. The van der Waals surface area contributed by atoms with E-state index in [0.717, 1.165) is 30.6 Å². The summed E-state index contributed by atoms with van der Waals surface area (Å²) in [4.78, 5) is 12.6. The minimum Gasteiger partial charge on any atom is -0.494 e. The van der Waals surface area contributed by atoms with Gasteiger partial charge in [0.15, 0.2) is 6.10 Å². The van der Waals surface area contributed by atoms with E-state index < -0.39 is 6.10 Å². The normalized spacial score (nSPS) is 13.1. The highest BCUT2D eigenvalue weighted by Gasteiger charge is 2.27. The van der Waals surface area contributed by atoms with Gasteiger partial charge in [0, 0.05) is 18.9 Å². The van der Waals surface area contributed by atoms with Crippen molar-refractivity contribution >= 4 is 5.97 Å². The molecule has 3 aromatic carbocycles. The van der Waals surface area contributed by atoms with Gasteiger partial charge in [-0.3, -0.25) is 0 Å². The van der Waals surface area contributed by atoms with Crippen LogP contribution < -0.4 is 4.74 Å². The molecule has 4 rings (SSSR count). The summed E-state index contributed by atoms with van der Waals surface area (Å²) in [6, 6.07) is 25.4. The first-order valence-corrected chi connectivity index (χ1v) is 13.9. The van der Waals surface area contributed by atoms with Gasteiger partial charge in [0.25, 0.3) is 0 Å². The third-order valence-corrected chi connectivity index (χ3v) is 7.11. The first-order chi connectivity index (χ1) is 18.2. The molecule has 0 bridgehead atoms. The number of benzene rings is 3. The molecule has 4 heteroatoms. The highest BCUT2D eigenvalue weighted by molar-refractivity contribution is 5.78. The molecule has 0 amide bonds. The minimum absolute atomic E-state index is 0.269. The molecule has 4 nitrogen and oxygen atoms in total. The van der Waals surface area contributed by atoms with Crippen molar-refractivity contribution < 1.29 is 19.0 Å². The van der Waals surface area contributed by atoms with Crippen molar-refractivity contribution in [2.45, 2.75) is 70.8 Å². The van der Waals surface area contributed by atoms with Crippen LogP contribution in [0.3, 0.4) is 0 Å². The van der Waals surface area contributed by atoms with Gasteiger partial charge < -0.3 is 14.2 Å². The standard InChI is InChI=1S/C33H40O4/c1-3-5-6-7-12-22-37-33(34)32(35-4-2)24-25-17-19-26(20-18-25)36-23-21-31-29-15-10-8-13-27(29)28-14-9-11-16-30(28)31/h8-11,13-20,31-32H,3-7,12,21-24H2,1-2H3. The number of fused-ring (bicyclic) bond motifs is 3. The quantitative estimate of drug-likeness (QED) is 0.158. The van der Waals surface area contributed by atoms with E-state index in [1.54, 1.807) is 0 Å². The molecule has 0 saturated carbocycles. The molecule has 0 spiro atoms. The lowest BCUT2D eigenvalue weighted by Crippen LogP contribution is -2.29. The molecule has 1 unspecified atom stereocenters. The number of esters is 1. The number of ether oxygens (including phenoxy) is 3. The molecule has 0 heterocycles. The third-order valence-electron chi connectivity index (χ3n) is 7.11. The SMILES string of the molecule is CCCCCCCOC(=O)C(Cc1ccc(OCCC2c3ccccc3-c3ccccc32)cc1)OCC. The summed E-state index contributed by atoms with van der Waals surface area (Å²) in [7, 11) is 0. The maximum absolute atomic E-state index is 12.6. The van der Waals surface area contributed by atoms with Gasteiger partial charge in [0.05, 0.1) is 13.2 Å². The van der Waals surface area contributed by atoms with E-state index in [1.165, 1.54) is 41.5 Å². The maximum atomic E-state index is 12.6. The van der Waals surface area contributed by atoms with Crippen LogP contribution in [-0.4, -0.2) is 31.9 Å². The van der Waals surface area contributed by atoms with Gasteiger partial charge in [-0.2, -0.15) is 0 Å². The monoisotopic (exact) mass is 500 g/mol. The number of rotatable bonds is 15. The molecular formula is C33H40O4. The Morgan fingerprint density at radius 2 is 1.43 bits per heavy atom. The fraction of sp³-hybridized carbons (Fsp3) is 0.424. The number of unbranched alkanes of at least 4 members (excludes halogenated alkanes) is 4. The molecule has 37 heavy (non-hydrogen) atoms. The zero-order valence-electron chi connectivity index (χ0n) is 22.3. The molecule has 3 aromatic rings. The highest BCUT2D eigenvalue weighted by atomic mass is 16.6. The second-order valence-corrected chi connectivity index (χ2v) is 9.74. The molecule has 0 fully saturated rings. The molecule has 0 radical (unpaired) electrons. The van der Waals surface area contributed by atoms with E-state index in [2.05, 4.69) is 55.5 Å². The Morgan fingerprint density at radius 3 is 2.08 bits per heavy atom. The Labute approximate surface area is 222 Å². The van der Waals surface area contributed by atoms with Crippen molar-refractivity contribution in [2.24, 2.45) is 0 Å². The van der Waals surface area contributed by atoms with Gasteiger partial charge in [0.1, 0.15) is 5.75 Å². The Morgan fingerprint density at radius 1 is 0.784 bits per heavy atom. The zero-order valence-corrected chi connectivity index (χ0v) is 22.3. The van der Waals surface area contributed by atoms with Gasteiger partial charge in [-0.15, -0.1) is 0 Å². The van der Waals surface area contributed by atoms with Crippen LogP contribution in [0.25, 0.3) is 11.1 Å². The fourth-order valence-electron chi connectivity index (χ4n) is 5.18. The molecular weight excluding hydrogens is 460 g/mol. The van der Waals surface area contributed by atoms with E-state index in [0.29, 0.717) is 32.2 Å². The van der Waals surface area contributed by atoms with Gasteiger partial charge in [-0.05, 0) is 59.7 Å². The molecule has 1 aliphatic carbocycles. The van der Waals surface area contributed by atoms with Crippen LogP contribution in [0.5, 0.6) is 5.75 Å². The average Bonchev–Trinajstić information content (AvgIpc) is 3.25. The molecule has 196 valence electrons. The second-order valence-electron chi connectivity index (χ2n) is 9.74. The van der Waals surface area contributed by atoms with Crippen LogP contribution in [0.4, 0.5) is 0 Å². The maximum Gasteiger partial charge on any atom is 0.335 e. The van der Waals surface area contributed by atoms with Crippen molar-refractivity contribution in [3.63, 3.8) is 0 Å². The van der Waals surface area contributed by atoms with Crippen molar-refractivity contribution in [1.82, 2.24) is 0 Å². The van der Waals surface area contributed by atoms with E-state index in [9.17, 15) is 4.79 Å². The van der Waals surface area contributed by atoms with E-state index >= 15 is 0 Å². The number of carbonyl (C=O) groups is 1. The molecule has 0 aliphatic heterocycles.